The molecule has 0 radical (unpaired) electrons. The second-order valence-electron chi connectivity index (χ2n) is 6.82. The first-order valence-electron chi connectivity index (χ1n) is 9.36. The molecule has 1 aliphatic heterocycles. The van der Waals surface area contributed by atoms with Crippen LogP contribution in [0, 0.1) is 10.1 Å². The number of piperidine rings is 1. The molecular weight excluding hydrogens is 344 g/mol. The number of nitrogens with one attached hydrogen (secondary N) is 1. The van der Waals surface area contributed by atoms with Gasteiger partial charge in [0.15, 0.2) is 0 Å². The number of likely N-dealkylation sites (tertiary alicyclic amines) is 1. The maximum absolute atomic E-state index is 11.7. The van der Waals surface area contributed by atoms with Crippen LogP contribution in [0.4, 0.5) is 17.3 Å². The largest absolute Gasteiger partial charge is 0.363 e. The van der Waals surface area contributed by atoms with Gasteiger partial charge in [0.25, 0.3) is 0 Å². The summed E-state index contributed by atoms with van der Waals surface area (Å²) in [6.45, 7) is 4.21. The molecule has 8 nitrogen and oxygen atoms in total. The Morgan fingerprint density at radius 3 is 2.63 bits per heavy atom. The standard InChI is InChI=1S/C19H26N6O2/c1-23(14-16-8-4-2-5-9-16)19-17(25(26)27)18(21-15-22-19)20-10-13-24-11-6-3-7-12-24/h2,4-5,8-9,15H,3,6-7,10-14H2,1H3,(H,20,21,22). The SMILES string of the molecule is CN(Cc1ccccc1)c1ncnc(NCCN2CCCCC2)c1[N+](=O)[O-]. The highest BCUT2D eigenvalue weighted by Crippen LogP contribution is 2.31. The smallest absolute Gasteiger partial charge is 0.353 e. The second-order valence-corrected chi connectivity index (χ2v) is 6.82. The number of aromatic nitrogens is 2. The number of hydrogen-bond donors (Lipinski definition) is 1. The summed E-state index contributed by atoms with van der Waals surface area (Å²) in [5, 5.41) is 14.9. The molecule has 1 fully saturated rings. The molecule has 2 heterocycles. The van der Waals surface area contributed by atoms with E-state index in [4.69, 9.17) is 0 Å². The van der Waals surface area contributed by atoms with Crippen molar-refractivity contribution in [2.24, 2.45) is 0 Å². The van der Waals surface area contributed by atoms with E-state index in [1.54, 1.807) is 11.9 Å². The van der Waals surface area contributed by atoms with E-state index >= 15 is 0 Å². The fraction of sp³-hybridized carbons (Fsp3) is 0.474. The van der Waals surface area contributed by atoms with Gasteiger partial charge in [-0.25, -0.2) is 9.97 Å². The van der Waals surface area contributed by atoms with Crippen LogP contribution in [0.15, 0.2) is 36.7 Å². The molecule has 27 heavy (non-hydrogen) atoms. The molecule has 0 atom stereocenters. The molecule has 144 valence electrons. The van der Waals surface area contributed by atoms with Crippen LogP contribution in [-0.4, -0.2) is 53.0 Å². The van der Waals surface area contributed by atoms with Gasteiger partial charge in [-0.05, 0) is 31.5 Å². The lowest BCUT2D eigenvalue weighted by Crippen LogP contribution is -2.34. The first-order chi connectivity index (χ1) is 13.1. The topological polar surface area (TPSA) is 87.4 Å². The van der Waals surface area contributed by atoms with Gasteiger partial charge >= 0.3 is 5.69 Å². The molecule has 0 aliphatic carbocycles. The normalized spacial score (nSPS) is 14.7. The lowest BCUT2D eigenvalue weighted by molar-refractivity contribution is -0.383. The third kappa shape index (κ3) is 5.13. The van der Waals surface area contributed by atoms with Gasteiger partial charge in [-0.3, -0.25) is 10.1 Å². The van der Waals surface area contributed by atoms with E-state index in [1.807, 2.05) is 30.3 Å². The highest BCUT2D eigenvalue weighted by Gasteiger charge is 2.25. The Labute approximate surface area is 159 Å². The summed E-state index contributed by atoms with van der Waals surface area (Å²) >= 11 is 0. The molecular formula is C19H26N6O2. The predicted octanol–water partition coefficient (Wildman–Crippen LogP) is 2.92. The molecule has 1 aromatic heterocycles. The molecule has 3 rings (SSSR count). The molecule has 2 aromatic rings. The van der Waals surface area contributed by atoms with Gasteiger partial charge in [0.1, 0.15) is 6.33 Å². The van der Waals surface area contributed by atoms with Crippen molar-refractivity contribution < 1.29 is 4.92 Å². The molecule has 0 bridgehead atoms. The lowest BCUT2D eigenvalue weighted by Gasteiger charge is -2.26. The Kier molecular flexibility index (Phi) is 6.54. The van der Waals surface area contributed by atoms with Crippen molar-refractivity contribution in [2.75, 3.05) is 43.4 Å². The Bertz CT molecular complexity index is 749. The van der Waals surface area contributed by atoms with E-state index < -0.39 is 4.92 Å². The maximum atomic E-state index is 11.7. The molecule has 0 spiro atoms. The molecule has 0 saturated carbocycles. The Hall–Kier alpha value is -2.74. The van der Waals surface area contributed by atoms with Crippen molar-refractivity contribution in [2.45, 2.75) is 25.8 Å². The van der Waals surface area contributed by atoms with E-state index in [1.165, 1.54) is 25.6 Å². The van der Waals surface area contributed by atoms with Crippen molar-refractivity contribution >= 4 is 17.3 Å². The van der Waals surface area contributed by atoms with Gasteiger partial charge in [0.05, 0.1) is 4.92 Å². The van der Waals surface area contributed by atoms with Crippen molar-refractivity contribution in [1.82, 2.24) is 14.9 Å². The second kappa shape index (κ2) is 9.27. The van der Waals surface area contributed by atoms with Crippen molar-refractivity contribution in [1.29, 1.82) is 0 Å². The van der Waals surface area contributed by atoms with Crippen LogP contribution in [0.3, 0.4) is 0 Å². The number of rotatable bonds is 8. The van der Waals surface area contributed by atoms with Gasteiger partial charge in [-0.2, -0.15) is 0 Å². The molecule has 8 heteroatoms. The molecule has 1 saturated heterocycles. The number of anilines is 2. The van der Waals surface area contributed by atoms with Crippen LogP contribution in [0.1, 0.15) is 24.8 Å². The van der Waals surface area contributed by atoms with Crippen LogP contribution in [0.25, 0.3) is 0 Å². The van der Waals surface area contributed by atoms with E-state index in [0.29, 0.717) is 18.9 Å². The summed E-state index contributed by atoms with van der Waals surface area (Å²) in [5.41, 5.74) is 0.988. The van der Waals surface area contributed by atoms with Gasteiger partial charge in [-0.15, -0.1) is 0 Å². The van der Waals surface area contributed by atoms with Crippen molar-refractivity contribution in [3.05, 3.63) is 52.3 Å². The number of hydrogen-bond acceptors (Lipinski definition) is 7. The Morgan fingerprint density at radius 2 is 1.93 bits per heavy atom. The first-order valence-corrected chi connectivity index (χ1v) is 9.36. The summed E-state index contributed by atoms with van der Waals surface area (Å²) < 4.78 is 0. The van der Waals surface area contributed by atoms with Gasteiger partial charge in [-0.1, -0.05) is 36.8 Å². The number of benzene rings is 1. The zero-order valence-electron chi connectivity index (χ0n) is 15.7. The minimum absolute atomic E-state index is 0.0745. The zero-order valence-corrected chi connectivity index (χ0v) is 15.7. The third-order valence-corrected chi connectivity index (χ3v) is 4.78. The summed E-state index contributed by atoms with van der Waals surface area (Å²) in [4.78, 5) is 23.8. The van der Waals surface area contributed by atoms with E-state index in [0.717, 1.165) is 25.2 Å². The summed E-state index contributed by atoms with van der Waals surface area (Å²) in [5.74, 6) is 0.598. The minimum atomic E-state index is -0.403. The predicted molar refractivity (Wildman–Crippen MR) is 106 cm³/mol. The fourth-order valence-electron chi connectivity index (χ4n) is 3.39. The highest BCUT2D eigenvalue weighted by atomic mass is 16.6. The van der Waals surface area contributed by atoms with Crippen LogP contribution in [-0.2, 0) is 6.54 Å². The molecule has 1 N–H and O–H groups in total. The maximum Gasteiger partial charge on any atom is 0.353 e. The highest BCUT2D eigenvalue weighted by molar-refractivity contribution is 5.70. The average molecular weight is 370 g/mol. The zero-order chi connectivity index (χ0) is 19.1. The minimum Gasteiger partial charge on any atom is -0.363 e. The van der Waals surface area contributed by atoms with Gasteiger partial charge in [0.2, 0.25) is 11.6 Å². The summed E-state index contributed by atoms with van der Waals surface area (Å²) in [7, 11) is 1.81. The lowest BCUT2D eigenvalue weighted by atomic mass is 10.1. The quantitative estimate of drug-likeness (QED) is 0.564. The van der Waals surface area contributed by atoms with Crippen molar-refractivity contribution in [3.8, 4) is 0 Å². The summed E-state index contributed by atoms with van der Waals surface area (Å²) in [6.07, 6.45) is 5.12. The monoisotopic (exact) mass is 370 g/mol. The van der Waals surface area contributed by atoms with E-state index in [9.17, 15) is 10.1 Å². The Morgan fingerprint density at radius 1 is 1.19 bits per heavy atom. The van der Waals surface area contributed by atoms with Gasteiger partial charge in [0, 0.05) is 26.7 Å². The molecule has 0 unspecified atom stereocenters. The fourth-order valence-corrected chi connectivity index (χ4v) is 3.39. The van der Waals surface area contributed by atoms with Crippen LogP contribution >= 0.6 is 0 Å². The van der Waals surface area contributed by atoms with E-state index in [2.05, 4.69) is 20.2 Å². The van der Waals surface area contributed by atoms with Crippen LogP contribution in [0.2, 0.25) is 0 Å². The third-order valence-electron chi connectivity index (χ3n) is 4.78. The number of nitro groups is 1. The average Bonchev–Trinajstić information content (AvgIpc) is 2.69. The molecule has 1 aromatic carbocycles. The number of nitrogens with zero attached hydrogens (tertiary/aromatic N) is 5. The summed E-state index contributed by atoms with van der Waals surface area (Å²) in [6, 6.07) is 9.82. The molecule has 0 amide bonds. The van der Waals surface area contributed by atoms with Gasteiger partial charge < -0.3 is 15.1 Å². The first kappa shape index (κ1) is 19.0. The van der Waals surface area contributed by atoms with Crippen LogP contribution in [0.5, 0.6) is 0 Å². The van der Waals surface area contributed by atoms with E-state index in [-0.39, 0.29) is 11.5 Å². The van der Waals surface area contributed by atoms with Crippen molar-refractivity contribution in [3.63, 3.8) is 0 Å². The Balaban J connectivity index is 1.70. The molecule has 1 aliphatic rings. The van der Waals surface area contributed by atoms with Crippen LogP contribution < -0.4 is 10.2 Å².